The van der Waals surface area contributed by atoms with Gasteiger partial charge in [0.25, 0.3) is 0 Å². The van der Waals surface area contributed by atoms with Crippen molar-refractivity contribution in [2.75, 3.05) is 36.5 Å². The summed E-state index contributed by atoms with van der Waals surface area (Å²) in [5.74, 6) is 0.682. The minimum Gasteiger partial charge on any atom is -0.381 e. The summed E-state index contributed by atoms with van der Waals surface area (Å²) in [4.78, 5) is 11.5. The van der Waals surface area contributed by atoms with Gasteiger partial charge in [0.1, 0.15) is 0 Å². The van der Waals surface area contributed by atoms with Gasteiger partial charge < -0.3 is 21.5 Å². The number of nitrogens with one attached hydrogen (secondary N) is 1. The topological polar surface area (TPSA) is 112 Å². The summed E-state index contributed by atoms with van der Waals surface area (Å²) in [5.41, 5.74) is 10.9. The lowest BCUT2D eigenvalue weighted by Crippen LogP contribution is -2.10. The largest absolute Gasteiger partial charge is 0.381 e. The highest BCUT2D eigenvalue weighted by atomic mass is 16.5. The van der Waals surface area contributed by atoms with Crippen LogP contribution in [-0.4, -0.2) is 34.7 Å². The Morgan fingerprint density at radius 3 is 2.41 bits per heavy atom. The fourth-order valence-corrected chi connectivity index (χ4v) is 1.26. The molecular formula is C10H20N6O. The van der Waals surface area contributed by atoms with E-state index in [1.54, 1.807) is 0 Å². The number of aromatic nitrogens is 3. The standard InChI is InChI=1S/C10H20N6O/c1-2-6-17-7-4-3-5-13-10-15-8(11)14-9(12)16-10/h2-7H2,1H3,(H5,11,12,13,14,15,16). The van der Waals surface area contributed by atoms with Crippen molar-refractivity contribution < 1.29 is 4.74 Å². The maximum absolute atomic E-state index is 5.44. The van der Waals surface area contributed by atoms with Crippen molar-refractivity contribution in [3.63, 3.8) is 0 Å². The van der Waals surface area contributed by atoms with Crippen molar-refractivity contribution in [1.82, 2.24) is 15.0 Å². The molecule has 0 spiro atoms. The molecule has 0 unspecified atom stereocenters. The summed E-state index contributed by atoms with van der Waals surface area (Å²) in [5, 5.41) is 3.04. The van der Waals surface area contributed by atoms with Crippen molar-refractivity contribution in [2.45, 2.75) is 26.2 Å². The number of anilines is 3. The Morgan fingerprint density at radius 2 is 1.76 bits per heavy atom. The van der Waals surface area contributed by atoms with Gasteiger partial charge in [-0.2, -0.15) is 15.0 Å². The molecule has 0 aliphatic rings. The number of nitrogens with zero attached hydrogens (tertiary/aromatic N) is 3. The van der Waals surface area contributed by atoms with E-state index in [9.17, 15) is 0 Å². The van der Waals surface area contributed by atoms with E-state index >= 15 is 0 Å². The number of ether oxygens (including phenoxy) is 1. The third-order valence-electron chi connectivity index (χ3n) is 2.02. The van der Waals surface area contributed by atoms with Crippen molar-refractivity contribution in [3.8, 4) is 0 Å². The molecule has 1 heterocycles. The van der Waals surface area contributed by atoms with Crippen LogP contribution in [-0.2, 0) is 4.74 Å². The molecule has 17 heavy (non-hydrogen) atoms. The van der Waals surface area contributed by atoms with Gasteiger partial charge in [-0.05, 0) is 19.3 Å². The van der Waals surface area contributed by atoms with Crippen LogP contribution >= 0.6 is 0 Å². The number of hydrogen-bond donors (Lipinski definition) is 3. The van der Waals surface area contributed by atoms with Crippen LogP contribution in [0.4, 0.5) is 17.8 Å². The first-order valence-corrected chi connectivity index (χ1v) is 5.81. The first-order valence-electron chi connectivity index (χ1n) is 5.81. The van der Waals surface area contributed by atoms with Crippen LogP contribution in [0, 0.1) is 0 Å². The van der Waals surface area contributed by atoms with Gasteiger partial charge in [-0.1, -0.05) is 6.92 Å². The van der Waals surface area contributed by atoms with E-state index in [2.05, 4.69) is 27.2 Å². The zero-order chi connectivity index (χ0) is 12.5. The summed E-state index contributed by atoms with van der Waals surface area (Å²) in [6.07, 6.45) is 3.04. The predicted octanol–water partition coefficient (Wildman–Crippen LogP) is 0.655. The fourth-order valence-electron chi connectivity index (χ4n) is 1.26. The zero-order valence-corrected chi connectivity index (χ0v) is 10.1. The van der Waals surface area contributed by atoms with E-state index in [4.69, 9.17) is 16.2 Å². The second-order valence-electron chi connectivity index (χ2n) is 3.62. The Balaban J connectivity index is 2.13. The first-order chi connectivity index (χ1) is 8.22. The normalized spacial score (nSPS) is 10.4. The minimum atomic E-state index is 0.131. The highest BCUT2D eigenvalue weighted by Crippen LogP contribution is 2.03. The predicted molar refractivity (Wildman–Crippen MR) is 67.5 cm³/mol. The van der Waals surface area contributed by atoms with Gasteiger partial charge in [-0.15, -0.1) is 0 Å². The van der Waals surface area contributed by atoms with Gasteiger partial charge in [0.2, 0.25) is 17.8 Å². The average Bonchev–Trinajstić information content (AvgIpc) is 2.26. The molecule has 0 saturated heterocycles. The van der Waals surface area contributed by atoms with Gasteiger partial charge in [0.15, 0.2) is 0 Å². The molecule has 96 valence electrons. The molecule has 0 aromatic carbocycles. The van der Waals surface area contributed by atoms with Crippen molar-refractivity contribution in [2.24, 2.45) is 0 Å². The molecule has 0 atom stereocenters. The van der Waals surface area contributed by atoms with E-state index < -0.39 is 0 Å². The number of unbranched alkanes of at least 4 members (excludes halogenated alkanes) is 1. The smallest absolute Gasteiger partial charge is 0.229 e. The fraction of sp³-hybridized carbons (Fsp3) is 0.700. The highest BCUT2D eigenvalue weighted by molar-refractivity contribution is 5.36. The second kappa shape index (κ2) is 7.61. The van der Waals surface area contributed by atoms with Crippen LogP contribution in [0.3, 0.4) is 0 Å². The van der Waals surface area contributed by atoms with E-state index in [-0.39, 0.29) is 11.9 Å². The number of nitrogen functional groups attached to an aromatic ring is 2. The van der Waals surface area contributed by atoms with Crippen molar-refractivity contribution in [3.05, 3.63) is 0 Å². The molecule has 7 heteroatoms. The molecule has 0 saturated carbocycles. The maximum Gasteiger partial charge on any atom is 0.229 e. The summed E-state index contributed by atoms with van der Waals surface area (Å²) in [7, 11) is 0. The minimum absolute atomic E-state index is 0.131. The van der Waals surface area contributed by atoms with Crippen molar-refractivity contribution in [1.29, 1.82) is 0 Å². The van der Waals surface area contributed by atoms with Gasteiger partial charge in [0.05, 0.1) is 0 Å². The SMILES string of the molecule is CCCOCCCCNc1nc(N)nc(N)n1. The molecule has 1 aromatic rings. The molecule has 0 aliphatic carbocycles. The van der Waals surface area contributed by atoms with Gasteiger partial charge in [0, 0.05) is 19.8 Å². The van der Waals surface area contributed by atoms with E-state index in [1.807, 2.05) is 0 Å². The number of nitrogens with two attached hydrogens (primary N) is 2. The summed E-state index contributed by atoms with van der Waals surface area (Å²) in [6.45, 7) is 4.47. The Bertz CT molecular complexity index is 312. The van der Waals surface area contributed by atoms with E-state index in [0.29, 0.717) is 5.95 Å². The van der Waals surface area contributed by atoms with Gasteiger partial charge in [-0.25, -0.2) is 0 Å². The monoisotopic (exact) mass is 240 g/mol. The van der Waals surface area contributed by atoms with Gasteiger partial charge >= 0.3 is 0 Å². The summed E-state index contributed by atoms with van der Waals surface area (Å²) in [6, 6.07) is 0. The Morgan fingerprint density at radius 1 is 1.06 bits per heavy atom. The summed E-state index contributed by atoms with van der Waals surface area (Å²) < 4.78 is 5.36. The quantitative estimate of drug-likeness (QED) is 0.572. The van der Waals surface area contributed by atoms with Crippen LogP contribution in [0.25, 0.3) is 0 Å². The Labute approximate surface area is 101 Å². The third kappa shape index (κ3) is 5.86. The lowest BCUT2D eigenvalue weighted by Gasteiger charge is -2.05. The van der Waals surface area contributed by atoms with E-state index in [0.717, 1.165) is 39.0 Å². The molecule has 0 aliphatic heterocycles. The molecule has 5 N–H and O–H groups in total. The Hall–Kier alpha value is -1.63. The molecule has 7 nitrogen and oxygen atoms in total. The molecule has 0 radical (unpaired) electrons. The van der Waals surface area contributed by atoms with Crippen LogP contribution in [0.15, 0.2) is 0 Å². The van der Waals surface area contributed by atoms with E-state index in [1.165, 1.54) is 0 Å². The van der Waals surface area contributed by atoms with Gasteiger partial charge in [-0.3, -0.25) is 0 Å². The van der Waals surface area contributed by atoms with Crippen LogP contribution in [0.2, 0.25) is 0 Å². The van der Waals surface area contributed by atoms with Crippen LogP contribution < -0.4 is 16.8 Å². The molecule has 1 rings (SSSR count). The molecule has 0 bridgehead atoms. The highest BCUT2D eigenvalue weighted by Gasteiger charge is 2.00. The molecule has 0 amide bonds. The second-order valence-corrected chi connectivity index (χ2v) is 3.62. The molecular weight excluding hydrogens is 220 g/mol. The summed E-state index contributed by atoms with van der Waals surface area (Å²) >= 11 is 0. The third-order valence-corrected chi connectivity index (χ3v) is 2.02. The lowest BCUT2D eigenvalue weighted by atomic mass is 10.3. The lowest BCUT2D eigenvalue weighted by molar-refractivity contribution is 0.131. The van der Waals surface area contributed by atoms with Crippen molar-refractivity contribution >= 4 is 17.8 Å². The van der Waals surface area contributed by atoms with Crippen LogP contribution in [0.5, 0.6) is 0 Å². The molecule has 1 aromatic heterocycles. The maximum atomic E-state index is 5.44. The average molecular weight is 240 g/mol. The number of rotatable bonds is 8. The number of hydrogen-bond acceptors (Lipinski definition) is 7. The van der Waals surface area contributed by atoms with Crippen LogP contribution in [0.1, 0.15) is 26.2 Å². The zero-order valence-electron chi connectivity index (χ0n) is 10.1. The molecule has 0 fully saturated rings. The first kappa shape index (κ1) is 13.4. The Kier molecular flexibility index (Phi) is 6.02.